The average Bonchev–Trinajstić information content (AvgIpc) is 2.79. The minimum absolute atomic E-state index is 0.0566. The maximum atomic E-state index is 13.6. The van der Waals surface area contributed by atoms with E-state index in [9.17, 15) is 4.79 Å². The van der Waals surface area contributed by atoms with Crippen molar-refractivity contribution in [3.05, 3.63) is 94.1 Å². The summed E-state index contributed by atoms with van der Waals surface area (Å²) < 4.78 is 12.3. The Kier molecular flexibility index (Phi) is 6.46. The molecule has 0 fully saturated rings. The van der Waals surface area contributed by atoms with Crippen molar-refractivity contribution >= 4 is 39.9 Å². The SMILES string of the molecule is C=CCOc1cccc([C@H]2Nc3ccc(I)cc3C(=O)N2c2ccc(OCC)cc2)c1. The quantitative estimate of drug-likeness (QED) is 0.302. The third-order valence-corrected chi connectivity index (χ3v) is 5.62. The molecule has 5 nitrogen and oxygen atoms in total. The van der Waals surface area contributed by atoms with Crippen molar-refractivity contribution in [2.75, 3.05) is 23.4 Å². The number of hydrogen-bond acceptors (Lipinski definition) is 4. The first-order chi connectivity index (χ1) is 15.1. The van der Waals surface area contributed by atoms with E-state index in [4.69, 9.17) is 9.47 Å². The van der Waals surface area contributed by atoms with Gasteiger partial charge in [0.2, 0.25) is 0 Å². The van der Waals surface area contributed by atoms with E-state index in [0.29, 0.717) is 18.8 Å². The number of rotatable bonds is 7. The van der Waals surface area contributed by atoms with Crippen molar-refractivity contribution in [3.8, 4) is 11.5 Å². The summed E-state index contributed by atoms with van der Waals surface area (Å²) in [5.41, 5.74) is 3.17. The Labute approximate surface area is 195 Å². The molecule has 6 heteroatoms. The third-order valence-electron chi connectivity index (χ3n) is 4.95. The van der Waals surface area contributed by atoms with Crippen LogP contribution in [0.25, 0.3) is 0 Å². The molecule has 1 N–H and O–H groups in total. The van der Waals surface area contributed by atoms with E-state index in [-0.39, 0.29) is 12.1 Å². The lowest BCUT2D eigenvalue weighted by molar-refractivity contribution is 0.0974. The lowest BCUT2D eigenvalue weighted by atomic mass is 10.0. The van der Waals surface area contributed by atoms with E-state index in [1.165, 1.54) is 0 Å². The highest BCUT2D eigenvalue weighted by atomic mass is 127. The van der Waals surface area contributed by atoms with E-state index in [0.717, 1.165) is 32.0 Å². The monoisotopic (exact) mass is 526 g/mol. The second kappa shape index (κ2) is 9.43. The van der Waals surface area contributed by atoms with Crippen LogP contribution in [0.3, 0.4) is 0 Å². The van der Waals surface area contributed by atoms with Crippen LogP contribution in [-0.4, -0.2) is 19.1 Å². The fraction of sp³-hybridized carbons (Fsp3) is 0.160. The Morgan fingerprint density at radius 3 is 2.61 bits per heavy atom. The van der Waals surface area contributed by atoms with Gasteiger partial charge in [0.25, 0.3) is 5.91 Å². The van der Waals surface area contributed by atoms with Gasteiger partial charge in [-0.2, -0.15) is 0 Å². The van der Waals surface area contributed by atoms with Crippen molar-refractivity contribution in [1.82, 2.24) is 0 Å². The zero-order valence-corrected chi connectivity index (χ0v) is 19.3. The van der Waals surface area contributed by atoms with Gasteiger partial charge < -0.3 is 14.8 Å². The highest BCUT2D eigenvalue weighted by Crippen LogP contribution is 2.38. The molecule has 0 radical (unpaired) electrons. The first-order valence-electron chi connectivity index (χ1n) is 10.1. The number of benzene rings is 3. The van der Waals surface area contributed by atoms with Gasteiger partial charge in [-0.1, -0.05) is 24.8 Å². The molecule has 0 aromatic heterocycles. The van der Waals surface area contributed by atoms with Gasteiger partial charge in [0.05, 0.1) is 12.2 Å². The van der Waals surface area contributed by atoms with Crippen LogP contribution >= 0.6 is 22.6 Å². The molecule has 1 aliphatic rings. The predicted molar refractivity (Wildman–Crippen MR) is 132 cm³/mol. The zero-order valence-electron chi connectivity index (χ0n) is 17.2. The topological polar surface area (TPSA) is 50.8 Å². The molecule has 1 amide bonds. The summed E-state index contributed by atoms with van der Waals surface area (Å²) in [7, 11) is 0. The number of ether oxygens (including phenoxy) is 2. The van der Waals surface area contributed by atoms with Crippen LogP contribution < -0.4 is 19.7 Å². The molecule has 158 valence electrons. The van der Waals surface area contributed by atoms with Gasteiger partial charge in [0.15, 0.2) is 0 Å². The van der Waals surface area contributed by atoms with E-state index in [2.05, 4.69) is 34.5 Å². The molecule has 3 aromatic rings. The molecule has 0 unspecified atom stereocenters. The van der Waals surface area contributed by atoms with Crippen molar-refractivity contribution < 1.29 is 14.3 Å². The molecular weight excluding hydrogens is 503 g/mol. The summed E-state index contributed by atoms with van der Waals surface area (Å²) in [4.78, 5) is 15.4. The summed E-state index contributed by atoms with van der Waals surface area (Å²) in [5, 5.41) is 3.54. The number of carbonyl (C=O) groups excluding carboxylic acids is 1. The lowest BCUT2D eigenvalue weighted by Gasteiger charge is -2.38. The number of nitrogens with one attached hydrogen (secondary N) is 1. The predicted octanol–water partition coefficient (Wildman–Crippen LogP) is 6.03. The fourth-order valence-corrected chi connectivity index (χ4v) is 4.07. The molecule has 0 saturated carbocycles. The van der Waals surface area contributed by atoms with E-state index >= 15 is 0 Å². The van der Waals surface area contributed by atoms with Gasteiger partial charge >= 0.3 is 0 Å². The molecule has 1 atom stereocenters. The van der Waals surface area contributed by atoms with Gasteiger partial charge in [0.1, 0.15) is 24.3 Å². The van der Waals surface area contributed by atoms with E-state index in [1.54, 1.807) is 11.0 Å². The fourth-order valence-electron chi connectivity index (χ4n) is 3.58. The average molecular weight is 526 g/mol. The highest BCUT2D eigenvalue weighted by molar-refractivity contribution is 14.1. The molecule has 0 spiro atoms. The molecule has 0 saturated heterocycles. The molecule has 0 bridgehead atoms. The normalized spacial score (nSPS) is 15.1. The number of halogens is 1. The highest BCUT2D eigenvalue weighted by Gasteiger charge is 2.34. The second-order valence-electron chi connectivity index (χ2n) is 7.01. The van der Waals surface area contributed by atoms with Gasteiger partial charge in [-0.05, 0) is 89.7 Å². The molecular formula is C25H23IN2O3. The number of hydrogen-bond donors (Lipinski definition) is 1. The number of fused-ring (bicyclic) bond motifs is 1. The van der Waals surface area contributed by atoms with Gasteiger partial charge in [-0.3, -0.25) is 9.69 Å². The first-order valence-corrected chi connectivity index (χ1v) is 11.1. The van der Waals surface area contributed by atoms with Gasteiger partial charge in [0, 0.05) is 14.9 Å². The largest absolute Gasteiger partial charge is 0.494 e. The Morgan fingerprint density at radius 2 is 1.87 bits per heavy atom. The summed E-state index contributed by atoms with van der Waals surface area (Å²) in [5.74, 6) is 1.44. The summed E-state index contributed by atoms with van der Waals surface area (Å²) in [6, 6.07) is 21.2. The minimum atomic E-state index is -0.384. The molecule has 0 aliphatic carbocycles. The van der Waals surface area contributed by atoms with Gasteiger partial charge in [-0.15, -0.1) is 0 Å². The van der Waals surface area contributed by atoms with E-state index < -0.39 is 0 Å². The van der Waals surface area contributed by atoms with Crippen LogP contribution in [0.1, 0.15) is 29.0 Å². The third kappa shape index (κ3) is 4.54. The zero-order chi connectivity index (χ0) is 21.8. The Morgan fingerprint density at radius 1 is 1.06 bits per heavy atom. The van der Waals surface area contributed by atoms with Crippen LogP contribution in [0, 0.1) is 3.57 Å². The summed E-state index contributed by atoms with van der Waals surface area (Å²) >= 11 is 2.23. The molecule has 31 heavy (non-hydrogen) atoms. The van der Waals surface area contributed by atoms with Crippen LogP contribution in [-0.2, 0) is 0 Å². The summed E-state index contributed by atoms with van der Waals surface area (Å²) in [6.45, 7) is 6.66. The molecule has 4 rings (SSSR count). The smallest absolute Gasteiger partial charge is 0.262 e. The minimum Gasteiger partial charge on any atom is -0.494 e. The van der Waals surface area contributed by atoms with Crippen LogP contribution in [0.15, 0.2) is 79.4 Å². The van der Waals surface area contributed by atoms with Crippen molar-refractivity contribution in [1.29, 1.82) is 0 Å². The lowest BCUT2D eigenvalue weighted by Crippen LogP contribution is -2.43. The van der Waals surface area contributed by atoms with Crippen molar-refractivity contribution in [3.63, 3.8) is 0 Å². The molecule has 3 aromatic carbocycles. The number of anilines is 2. The van der Waals surface area contributed by atoms with Crippen LogP contribution in [0.2, 0.25) is 0 Å². The molecule has 1 aliphatic heterocycles. The van der Waals surface area contributed by atoms with Crippen molar-refractivity contribution in [2.45, 2.75) is 13.1 Å². The maximum Gasteiger partial charge on any atom is 0.262 e. The Hall–Kier alpha value is -3.00. The summed E-state index contributed by atoms with van der Waals surface area (Å²) in [6.07, 6.45) is 1.32. The number of amides is 1. The van der Waals surface area contributed by atoms with Crippen molar-refractivity contribution in [2.24, 2.45) is 0 Å². The van der Waals surface area contributed by atoms with E-state index in [1.807, 2.05) is 73.7 Å². The standard InChI is InChI=1S/C25H23IN2O3/c1-3-14-31-21-7-5-6-17(15-21)24-27-23-13-8-18(26)16-22(23)25(29)28(24)19-9-11-20(12-10-19)30-4-2/h3,5-13,15-16,24,27H,1,4,14H2,2H3/t24-/m0/s1. The van der Waals surface area contributed by atoms with Crippen LogP contribution in [0.5, 0.6) is 11.5 Å². The van der Waals surface area contributed by atoms with Crippen LogP contribution in [0.4, 0.5) is 11.4 Å². The molecule has 1 heterocycles. The Bertz CT molecular complexity index is 1100. The first kappa shape index (κ1) is 21.2. The maximum absolute atomic E-state index is 13.6. The number of nitrogens with zero attached hydrogens (tertiary/aromatic N) is 1. The number of carbonyl (C=O) groups is 1. The second-order valence-corrected chi connectivity index (χ2v) is 8.26. The van der Waals surface area contributed by atoms with Gasteiger partial charge in [-0.25, -0.2) is 0 Å². The Balaban J connectivity index is 1.77.